The maximum absolute atomic E-state index is 3.23. The van der Waals surface area contributed by atoms with Crippen molar-refractivity contribution in [1.29, 1.82) is 0 Å². The van der Waals surface area contributed by atoms with E-state index in [9.17, 15) is 0 Å². The van der Waals surface area contributed by atoms with Crippen LogP contribution in [0.15, 0.2) is 24.4 Å². The molecule has 9 heavy (non-hydrogen) atoms. The molecule has 2 heteroatoms. The second-order valence-electron chi connectivity index (χ2n) is 2.47. The van der Waals surface area contributed by atoms with Gasteiger partial charge in [-0.3, -0.25) is 0 Å². The van der Waals surface area contributed by atoms with Crippen molar-refractivity contribution in [2.24, 2.45) is 0 Å². The summed E-state index contributed by atoms with van der Waals surface area (Å²) in [6, 6.07) is 0. The Balaban J connectivity index is 2.46. The van der Waals surface area contributed by atoms with Gasteiger partial charge in [-0.1, -0.05) is 25.2 Å². The van der Waals surface area contributed by atoms with Crippen molar-refractivity contribution in [2.75, 3.05) is 0 Å². The molecule has 0 unspecified atom stereocenters. The van der Waals surface area contributed by atoms with E-state index >= 15 is 0 Å². The smallest absolute Gasteiger partial charge is 0.0691 e. The Hall–Kier alpha value is -0.503. The summed E-state index contributed by atoms with van der Waals surface area (Å²) in [7, 11) is -0.584. The Labute approximate surface area is 58.1 Å². The molecule has 0 saturated heterocycles. The monoisotopic (exact) mass is 138 g/mol. The highest BCUT2D eigenvalue weighted by Gasteiger charge is 2.09. The van der Waals surface area contributed by atoms with Crippen LogP contribution in [0.3, 0.4) is 0 Å². The van der Waals surface area contributed by atoms with E-state index in [4.69, 9.17) is 0 Å². The average molecular weight is 138 g/mol. The van der Waals surface area contributed by atoms with Gasteiger partial charge in [-0.05, 0) is 12.3 Å². The summed E-state index contributed by atoms with van der Waals surface area (Å²) in [6.45, 7) is 4.62. The molecule has 0 amide bonds. The van der Waals surface area contributed by atoms with Gasteiger partial charge in [0, 0.05) is 0 Å². The fourth-order valence-corrected chi connectivity index (χ4v) is 1.69. The SMILES string of the molecule is C[SiH](C)[C]1C=CC=CN1. The van der Waals surface area contributed by atoms with Crippen molar-refractivity contribution < 1.29 is 0 Å². The largest absolute Gasteiger partial charge is 0.383 e. The molecular weight excluding hydrogens is 126 g/mol. The molecule has 1 rings (SSSR count). The van der Waals surface area contributed by atoms with Crippen molar-refractivity contribution in [1.82, 2.24) is 5.32 Å². The molecule has 0 saturated carbocycles. The zero-order valence-corrected chi connectivity index (χ0v) is 7.04. The van der Waals surface area contributed by atoms with Crippen LogP contribution >= 0.6 is 0 Å². The van der Waals surface area contributed by atoms with Gasteiger partial charge in [-0.2, -0.15) is 0 Å². The second-order valence-corrected chi connectivity index (χ2v) is 5.40. The molecule has 1 heterocycles. The zero-order valence-electron chi connectivity index (χ0n) is 5.89. The molecule has 0 aromatic rings. The Morgan fingerprint density at radius 1 is 1.33 bits per heavy atom. The molecule has 0 aliphatic carbocycles. The fourth-order valence-electron chi connectivity index (χ4n) is 0.766. The van der Waals surface area contributed by atoms with Gasteiger partial charge in [0.1, 0.15) is 0 Å². The Bertz CT molecular complexity index is 138. The highest BCUT2D eigenvalue weighted by atomic mass is 28.3. The highest BCUT2D eigenvalue weighted by molar-refractivity contribution is 6.62. The van der Waals surface area contributed by atoms with Crippen LogP contribution in [0.1, 0.15) is 0 Å². The van der Waals surface area contributed by atoms with Crippen molar-refractivity contribution in [3.63, 3.8) is 0 Å². The molecule has 0 bridgehead atoms. The summed E-state index contributed by atoms with van der Waals surface area (Å²) in [5.41, 5.74) is 1.43. The number of rotatable bonds is 1. The normalized spacial score (nSPS) is 18.6. The summed E-state index contributed by atoms with van der Waals surface area (Å²) in [4.78, 5) is 0. The lowest BCUT2D eigenvalue weighted by molar-refractivity contribution is 1.03. The molecule has 0 fully saturated rings. The van der Waals surface area contributed by atoms with E-state index in [0.717, 1.165) is 0 Å². The first-order valence-electron chi connectivity index (χ1n) is 3.27. The van der Waals surface area contributed by atoms with Crippen molar-refractivity contribution in [3.05, 3.63) is 30.1 Å². The quantitative estimate of drug-likeness (QED) is 0.537. The molecule has 0 atom stereocenters. The molecule has 49 valence electrons. The third-order valence-corrected chi connectivity index (χ3v) is 2.96. The molecule has 0 aromatic carbocycles. The van der Waals surface area contributed by atoms with Gasteiger partial charge in [-0.25, -0.2) is 0 Å². The van der Waals surface area contributed by atoms with Gasteiger partial charge in [0.2, 0.25) is 0 Å². The predicted octanol–water partition coefficient (Wildman–Crippen LogP) is 1.22. The summed E-state index contributed by atoms with van der Waals surface area (Å²) >= 11 is 0. The number of hydrogen-bond donors (Lipinski definition) is 1. The predicted molar refractivity (Wildman–Crippen MR) is 43.5 cm³/mol. The number of dihydropyridines is 1. The summed E-state index contributed by atoms with van der Waals surface area (Å²) < 4.78 is 0. The van der Waals surface area contributed by atoms with Crippen LogP contribution < -0.4 is 5.32 Å². The van der Waals surface area contributed by atoms with E-state index < -0.39 is 8.80 Å². The first-order valence-corrected chi connectivity index (χ1v) is 6.16. The highest BCUT2D eigenvalue weighted by Crippen LogP contribution is 2.06. The van der Waals surface area contributed by atoms with Crippen LogP contribution in [0.25, 0.3) is 0 Å². The average Bonchev–Trinajstić information content (AvgIpc) is 1.90. The van der Waals surface area contributed by atoms with E-state index in [1.54, 1.807) is 0 Å². The maximum atomic E-state index is 3.23. The minimum Gasteiger partial charge on any atom is -0.383 e. The van der Waals surface area contributed by atoms with Crippen molar-refractivity contribution in [2.45, 2.75) is 13.1 Å². The van der Waals surface area contributed by atoms with Gasteiger partial charge >= 0.3 is 0 Å². The van der Waals surface area contributed by atoms with Gasteiger partial charge in [0.25, 0.3) is 0 Å². The second kappa shape index (κ2) is 2.87. The van der Waals surface area contributed by atoms with Crippen LogP contribution in [0.4, 0.5) is 0 Å². The lowest BCUT2D eigenvalue weighted by Crippen LogP contribution is -2.26. The van der Waals surface area contributed by atoms with E-state index in [-0.39, 0.29) is 0 Å². The lowest BCUT2D eigenvalue weighted by Gasteiger charge is -2.16. The molecule has 0 spiro atoms. The Morgan fingerprint density at radius 3 is 2.44 bits per heavy atom. The molecule has 1 nitrogen and oxygen atoms in total. The van der Waals surface area contributed by atoms with Gasteiger partial charge in [0.05, 0.1) is 14.5 Å². The Kier molecular flexibility index (Phi) is 2.11. The fraction of sp³-hybridized carbons (Fsp3) is 0.286. The van der Waals surface area contributed by atoms with Crippen LogP contribution in [0.5, 0.6) is 0 Å². The van der Waals surface area contributed by atoms with Gasteiger partial charge < -0.3 is 5.32 Å². The third kappa shape index (κ3) is 1.71. The van der Waals surface area contributed by atoms with E-state index in [1.807, 2.05) is 12.3 Å². The number of allylic oxidation sites excluding steroid dienone is 2. The third-order valence-electron chi connectivity index (χ3n) is 1.36. The summed E-state index contributed by atoms with van der Waals surface area (Å²) in [6.07, 6.45) is 8.25. The van der Waals surface area contributed by atoms with Crippen LogP contribution in [0.2, 0.25) is 13.1 Å². The van der Waals surface area contributed by atoms with Crippen LogP contribution in [0, 0.1) is 5.67 Å². The molecular formula is C7H12NSi. The summed E-state index contributed by atoms with van der Waals surface area (Å²) in [5, 5.41) is 3.23. The molecule has 1 aliphatic rings. The van der Waals surface area contributed by atoms with Crippen LogP contribution in [-0.2, 0) is 0 Å². The van der Waals surface area contributed by atoms with Crippen LogP contribution in [-0.4, -0.2) is 8.80 Å². The lowest BCUT2D eigenvalue weighted by atomic mass is 10.4. The summed E-state index contributed by atoms with van der Waals surface area (Å²) in [5.74, 6) is 0. The van der Waals surface area contributed by atoms with Crippen molar-refractivity contribution >= 4 is 8.80 Å². The maximum Gasteiger partial charge on any atom is 0.0691 e. The molecule has 1 aliphatic heterocycles. The van der Waals surface area contributed by atoms with Crippen molar-refractivity contribution in [3.8, 4) is 0 Å². The zero-order chi connectivity index (χ0) is 6.69. The van der Waals surface area contributed by atoms with E-state index in [2.05, 4.69) is 30.6 Å². The molecule has 0 aromatic heterocycles. The number of nitrogens with one attached hydrogen (secondary N) is 1. The topological polar surface area (TPSA) is 12.0 Å². The van der Waals surface area contributed by atoms with Gasteiger partial charge in [-0.15, -0.1) is 0 Å². The van der Waals surface area contributed by atoms with Gasteiger partial charge in [0.15, 0.2) is 0 Å². The Morgan fingerprint density at radius 2 is 2.11 bits per heavy atom. The van der Waals surface area contributed by atoms with E-state index in [1.165, 1.54) is 5.67 Å². The molecule has 1 radical (unpaired) electrons. The first kappa shape index (κ1) is 6.61. The standard InChI is InChI=1S/C7H12NSi/c1-9(2)7-5-3-4-6-8-7/h3-6,8-9H,1-2H3. The van der Waals surface area contributed by atoms with E-state index in [0.29, 0.717) is 0 Å². The molecule has 1 N–H and O–H groups in total. The number of hydrogen-bond acceptors (Lipinski definition) is 1. The minimum absolute atomic E-state index is 0.584. The minimum atomic E-state index is -0.584. The first-order chi connectivity index (χ1) is 4.30.